The van der Waals surface area contributed by atoms with Crippen molar-refractivity contribution in [3.63, 3.8) is 0 Å². The summed E-state index contributed by atoms with van der Waals surface area (Å²) in [4.78, 5) is 30.8. The highest BCUT2D eigenvalue weighted by atomic mass is 32.2. The Kier molecular flexibility index (Phi) is 8.54. The summed E-state index contributed by atoms with van der Waals surface area (Å²) in [6.45, 7) is 8.92. The predicted octanol–water partition coefficient (Wildman–Crippen LogP) is 6.71. The van der Waals surface area contributed by atoms with E-state index in [-0.39, 0.29) is 11.9 Å². The van der Waals surface area contributed by atoms with Gasteiger partial charge in [-0.2, -0.15) is 0 Å². The predicted molar refractivity (Wildman–Crippen MR) is 148 cm³/mol. The molecule has 0 spiro atoms. The second kappa shape index (κ2) is 12.2. The number of rotatable bonds is 9. The number of ether oxygens (including phenoxy) is 1. The zero-order valence-electron chi connectivity index (χ0n) is 20.9. The van der Waals surface area contributed by atoms with Gasteiger partial charge < -0.3 is 10.1 Å². The number of pyridine rings is 1. The summed E-state index contributed by atoms with van der Waals surface area (Å²) in [7, 11) is 0. The number of benzene rings is 3. The lowest BCUT2D eigenvalue weighted by atomic mass is 9.98. The summed E-state index contributed by atoms with van der Waals surface area (Å²) in [5.41, 5.74) is 5.95. The van der Waals surface area contributed by atoms with E-state index in [4.69, 9.17) is 4.74 Å². The molecule has 0 aliphatic rings. The number of esters is 1. The first-order valence-corrected chi connectivity index (χ1v) is 12.8. The van der Waals surface area contributed by atoms with Gasteiger partial charge >= 0.3 is 5.97 Å². The molecule has 0 fully saturated rings. The Morgan fingerprint density at radius 2 is 1.57 bits per heavy atom. The van der Waals surface area contributed by atoms with Crippen LogP contribution in [0.5, 0.6) is 0 Å². The highest BCUT2D eigenvalue weighted by Gasteiger charge is 2.13. The van der Waals surface area contributed by atoms with Gasteiger partial charge in [0.25, 0.3) is 5.91 Å². The molecule has 0 unspecified atom stereocenters. The SMILES string of the molecule is C=C(c1ccc(C(=O)OCC)cc1)c1ccccc1Sc1ccc(C(=O)NCc2ccncc2)cc1C. The molecule has 1 N–H and O–H groups in total. The molecule has 4 aromatic rings. The summed E-state index contributed by atoms with van der Waals surface area (Å²) in [5, 5.41) is 2.96. The lowest BCUT2D eigenvalue weighted by Gasteiger charge is -2.14. The van der Waals surface area contributed by atoms with E-state index in [1.165, 1.54) is 0 Å². The van der Waals surface area contributed by atoms with Crippen LogP contribution in [0.4, 0.5) is 0 Å². The summed E-state index contributed by atoms with van der Waals surface area (Å²) in [6.07, 6.45) is 3.42. The Hall–Kier alpha value is -4.16. The minimum absolute atomic E-state index is 0.114. The maximum absolute atomic E-state index is 12.7. The number of hydrogen-bond acceptors (Lipinski definition) is 5. The van der Waals surface area contributed by atoms with E-state index in [0.717, 1.165) is 37.6 Å². The molecular weight excluding hydrogens is 480 g/mol. The summed E-state index contributed by atoms with van der Waals surface area (Å²) in [5.74, 6) is -0.447. The fourth-order valence-electron chi connectivity index (χ4n) is 3.79. The van der Waals surface area contributed by atoms with Crippen LogP contribution in [0.25, 0.3) is 5.57 Å². The Morgan fingerprint density at radius 3 is 2.27 bits per heavy atom. The Bertz CT molecular complexity index is 1420. The van der Waals surface area contributed by atoms with Crippen molar-refractivity contribution in [1.82, 2.24) is 10.3 Å². The minimum Gasteiger partial charge on any atom is -0.462 e. The van der Waals surface area contributed by atoms with Crippen molar-refractivity contribution in [3.05, 3.63) is 131 Å². The van der Waals surface area contributed by atoms with E-state index in [2.05, 4.69) is 22.9 Å². The van der Waals surface area contributed by atoms with Crippen LogP contribution in [0.3, 0.4) is 0 Å². The number of amides is 1. The van der Waals surface area contributed by atoms with Gasteiger partial charge in [-0.3, -0.25) is 9.78 Å². The second-order valence-corrected chi connectivity index (χ2v) is 9.48. The smallest absolute Gasteiger partial charge is 0.338 e. The molecular formula is C31H28N2O3S. The quantitative estimate of drug-likeness (QED) is 0.255. The van der Waals surface area contributed by atoms with Gasteiger partial charge in [-0.1, -0.05) is 48.7 Å². The fraction of sp³-hybridized carbons (Fsp3) is 0.129. The highest BCUT2D eigenvalue weighted by molar-refractivity contribution is 7.99. The van der Waals surface area contributed by atoms with E-state index >= 15 is 0 Å². The van der Waals surface area contributed by atoms with Crippen molar-refractivity contribution in [3.8, 4) is 0 Å². The molecule has 0 saturated carbocycles. The third-order valence-electron chi connectivity index (χ3n) is 5.82. The van der Waals surface area contributed by atoms with Crippen molar-refractivity contribution in [2.24, 2.45) is 0 Å². The average Bonchev–Trinajstić information content (AvgIpc) is 2.93. The van der Waals surface area contributed by atoms with Crippen LogP contribution >= 0.6 is 11.8 Å². The van der Waals surface area contributed by atoms with Crippen molar-refractivity contribution in [1.29, 1.82) is 0 Å². The topological polar surface area (TPSA) is 68.3 Å². The van der Waals surface area contributed by atoms with Crippen LogP contribution in [0.15, 0.2) is 108 Å². The van der Waals surface area contributed by atoms with Gasteiger partial charge in [-0.05, 0) is 90.2 Å². The fourth-order valence-corrected chi connectivity index (χ4v) is 4.83. The van der Waals surface area contributed by atoms with Crippen molar-refractivity contribution >= 4 is 29.2 Å². The monoisotopic (exact) mass is 508 g/mol. The molecule has 4 rings (SSSR count). The first-order valence-electron chi connectivity index (χ1n) is 12.0. The highest BCUT2D eigenvalue weighted by Crippen LogP contribution is 2.37. The van der Waals surface area contributed by atoms with Gasteiger partial charge in [-0.15, -0.1) is 0 Å². The molecule has 0 saturated heterocycles. The Balaban J connectivity index is 1.48. The van der Waals surface area contributed by atoms with Gasteiger partial charge in [0.15, 0.2) is 0 Å². The molecule has 1 heterocycles. The van der Waals surface area contributed by atoms with Crippen molar-refractivity contribution in [2.75, 3.05) is 6.61 Å². The second-order valence-electron chi connectivity index (χ2n) is 8.39. The molecule has 0 aliphatic heterocycles. The number of hydrogen-bond donors (Lipinski definition) is 1. The molecule has 0 aliphatic carbocycles. The molecule has 3 aromatic carbocycles. The standard InChI is InChI=1S/C31H28N2O3S/c1-4-36-31(35)25-11-9-24(10-12-25)22(3)27-7-5-6-8-29(27)37-28-14-13-26(19-21(28)2)30(34)33-20-23-15-17-32-18-16-23/h5-19H,3-4,20H2,1-2H3,(H,33,34). The number of carbonyl (C=O) groups is 2. The van der Waals surface area contributed by atoms with Crippen LogP contribution in [0, 0.1) is 6.92 Å². The number of carbonyl (C=O) groups excluding carboxylic acids is 2. The van der Waals surface area contributed by atoms with Gasteiger partial charge in [0, 0.05) is 34.3 Å². The van der Waals surface area contributed by atoms with E-state index in [1.807, 2.05) is 67.6 Å². The molecule has 5 nitrogen and oxygen atoms in total. The summed E-state index contributed by atoms with van der Waals surface area (Å²) >= 11 is 1.64. The van der Waals surface area contributed by atoms with Gasteiger partial charge in [0.05, 0.1) is 12.2 Å². The first-order chi connectivity index (χ1) is 18.0. The van der Waals surface area contributed by atoms with Crippen LogP contribution < -0.4 is 5.32 Å². The van der Waals surface area contributed by atoms with Crippen LogP contribution in [-0.4, -0.2) is 23.5 Å². The van der Waals surface area contributed by atoms with E-state index in [1.54, 1.807) is 43.2 Å². The number of aromatic nitrogens is 1. The van der Waals surface area contributed by atoms with E-state index in [9.17, 15) is 9.59 Å². The summed E-state index contributed by atoms with van der Waals surface area (Å²) in [6, 6.07) is 24.9. The lowest BCUT2D eigenvalue weighted by molar-refractivity contribution is 0.0526. The van der Waals surface area contributed by atoms with E-state index < -0.39 is 0 Å². The molecule has 1 aromatic heterocycles. The Labute approximate surface area is 221 Å². The number of nitrogens with zero attached hydrogens (tertiary/aromatic N) is 1. The third-order valence-corrected chi connectivity index (χ3v) is 7.07. The van der Waals surface area contributed by atoms with Gasteiger partial charge in [-0.25, -0.2) is 4.79 Å². The molecule has 0 atom stereocenters. The van der Waals surface area contributed by atoms with E-state index in [0.29, 0.717) is 24.3 Å². The average molecular weight is 509 g/mol. The molecule has 0 bridgehead atoms. The molecule has 1 amide bonds. The van der Waals surface area contributed by atoms with Gasteiger partial charge in [0.1, 0.15) is 0 Å². The van der Waals surface area contributed by atoms with Gasteiger partial charge in [0.2, 0.25) is 0 Å². The number of nitrogens with one attached hydrogen (secondary N) is 1. The maximum Gasteiger partial charge on any atom is 0.338 e. The van der Waals surface area contributed by atoms with Crippen LogP contribution in [0.2, 0.25) is 0 Å². The molecule has 186 valence electrons. The molecule has 37 heavy (non-hydrogen) atoms. The zero-order valence-corrected chi connectivity index (χ0v) is 21.7. The zero-order chi connectivity index (χ0) is 26.2. The van der Waals surface area contributed by atoms with Crippen LogP contribution in [0.1, 0.15) is 49.9 Å². The van der Waals surface area contributed by atoms with Crippen molar-refractivity contribution in [2.45, 2.75) is 30.2 Å². The first kappa shape index (κ1) is 25.9. The molecule has 6 heteroatoms. The third kappa shape index (κ3) is 6.54. The van der Waals surface area contributed by atoms with Crippen molar-refractivity contribution < 1.29 is 14.3 Å². The minimum atomic E-state index is -0.333. The Morgan fingerprint density at radius 1 is 0.892 bits per heavy atom. The largest absolute Gasteiger partial charge is 0.462 e. The number of aryl methyl sites for hydroxylation is 1. The molecule has 0 radical (unpaired) electrons. The summed E-state index contributed by atoms with van der Waals surface area (Å²) < 4.78 is 5.07. The lowest BCUT2D eigenvalue weighted by Crippen LogP contribution is -2.22. The normalized spacial score (nSPS) is 10.5. The maximum atomic E-state index is 12.7. The van der Waals surface area contributed by atoms with Crippen LogP contribution in [-0.2, 0) is 11.3 Å².